The fraction of sp³-hybridized carbons (Fsp3) is 0.880. The van der Waals surface area contributed by atoms with Crippen LogP contribution in [-0.4, -0.2) is 82.9 Å². The molecule has 0 radical (unpaired) electrons. The van der Waals surface area contributed by atoms with Crippen LogP contribution in [0.25, 0.3) is 0 Å². The maximum atomic E-state index is 11.7. The number of carbonyl (C=O) groups excluding carboxylic acids is 3. The van der Waals surface area contributed by atoms with E-state index in [-0.39, 0.29) is 76.8 Å². The van der Waals surface area contributed by atoms with E-state index in [0.29, 0.717) is 19.8 Å². The van der Waals surface area contributed by atoms with Crippen molar-refractivity contribution in [2.75, 3.05) is 59.5 Å². The van der Waals surface area contributed by atoms with Gasteiger partial charge in [-0.25, -0.2) is 0 Å². The van der Waals surface area contributed by atoms with E-state index < -0.39 is 5.54 Å². The number of unbranched alkanes of at least 4 members (excludes halogenated alkanes) is 3. The van der Waals surface area contributed by atoms with Gasteiger partial charge in [0.2, 0.25) is 0 Å². The predicted molar refractivity (Wildman–Crippen MR) is 131 cm³/mol. The highest BCUT2D eigenvalue weighted by Gasteiger charge is 2.27. The third kappa shape index (κ3) is 21.3. The second kappa shape index (κ2) is 22.7. The number of carbonyl (C=O) groups is 3. The zero-order valence-corrected chi connectivity index (χ0v) is 22.0. The number of ether oxygens (including phenoxy) is 6. The van der Waals surface area contributed by atoms with Crippen LogP contribution in [0.1, 0.15) is 78.6 Å². The van der Waals surface area contributed by atoms with E-state index in [2.05, 4.69) is 0 Å². The summed E-state index contributed by atoms with van der Waals surface area (Å²) in [6.45, 7) is 7.92. The minimum Gasteiger partial charge on any atom is -0.466 e. The van der Waals surface area contributed by atoms with Gasteiger partial charge in [0, 0.05) is 0 Å². The SMILES string of the molecule is CCCCOC(=O)CCOCC(N)(COCCC(=O)OCCCC)COCCC(=O)OCCCC. The van der Waals surface area contributed by atoms with Crippen LogP contribution in [0.4, 0.5) is 0 Å². The normalized spacial score (nSPS) is 11.3. The van der Waals surface area contributed by atoms with Crippen LogP contribution in [0.3, 0.4) is 0 Å². The average Bonchev–Trinajstić information content (AvgIpc) is 2.83. The van der Waals surface area contributed by atoms with Crippen LogP contribution in [0.2, 0.25) is 0 Å². The fourth-order valence-electron chi connectivity index (χ4n) is 2.63. The Morgan fingerprint density at radius 2 is 0.829 bits per heavy atom. The van der Waals surface area contributed by atoms with E-state index in [4.69, 9.17) is 34.2 Å². The van der Waals surface area contributed by atoms with Crippen molar-refractivity contribution in [1.29, 1.82) is 0 Å². The Morgan fingerprint density at radius 3 is 1.09 bits per heavy atom. The summed E-state index contributed by atoms with van der Waals surface area (Å²) in [4.78, 5) is 35.1. The van der Waals surface area contributed by atoms with Crippen LogP contribution in [0.15, 0.2) is 0 Å². The van der Waals surface area contributed by atoms with E-state index in [1.807, 2.05) is 20.8 Å². The molecular formula is C25H47NO9. The predicted octanol–water partition coefficient (Wildman–Crippen LogP) is 2.93. The lowest BCUT2D eigenvalue weighted by Gasteiger charge is -2.29. The monoisotopic (exact) mass is 505 g/mol. The van der Waals surface area contributed by atoms with Crippen molar-refractivity contribution >= 4 is 17.9 Å². The Kier molecular flexibility index (Phi) is 21.6. The van der Waals surface area contributed by atoms with Gasteiger partial charge in [-0.3, -0.25) is 14.4 Å². The zero-order valence-electron chi connectivity index (χ0n) is 22.0. The summed E-state index contributed by atoms with van der Waals surface area (Å²) in [6.07, 6.45) is 5.69. The molecule has 0 rings (SSSR count). The van der Waals surface area contributed by atoms with Crippen molar-refractivity contribution in [3.05, 3.63) is 0 Å². The van der Waals surface area contributed by atoms with E-state index in [1.165, 1.54) is 0 Å². The van der Waals surface area contributed by atoms with Gasteiger partial charge in [-0.1, -0.05) is 40.0 Å². The van der Waals surface area contributed by atoms with Gasteiger partial charge >= 0.3 is 17.9 Å². The Bertz CT molecular complexity index is 483. The van der Waals surface area contributed by atoms with E-state index in [1.54, 1.807) is 0 Å². The molecule has 35 heavy (non-hydrogen) atoms. The molecule has 10 heteroatoms. The molecule has 0 unspecified atom stereocenters. The molecule has 0 aromatic heterocycles. The second-order valence-corrected chi connectivity index (χ2v) is 8.49. The van der Waals surface area contributed by atoms with Crippen LogP contribution in [-0.2, 0) is 42.8 Å². The standard InChI is InChI=1S/C25H47NO9/c1-4-7-13-33-22(27)10-16-30-19-25(26,20-31-17-11-23(28)34-14-8-5-2)21-32-18-12-24(29)35-15-9-6-3/h4-21,26H2,1-3H3. The number of nitrogens with two attached hydrogens (primary N) is 1. The van der Waals surface area contributed by atoms with E-state index in [0.717, 1.165) is 38.5 Å². The van der Waals surface area contributed by atoms with Gasteiger partial charge in [0.25, 0.3) is 0 Å². The molecule has 206 valence electrons. The molecule has 0 amide bonds. The molecule has 0 aromatic rings. The molecule has 0 atom stereocenters. The highest BCUT2D eigenvalue weighted by atomic mass is 16.5. The fourth-order valence-corrected chi connectivity index (χ4v) is 2.63. The van der Waals surface area contributed by atoms with E-state index in [9.17, 15) is 14.4 Å². The summed E-state index contributed by atoms with van der Waals surface area (Å²) in [6, 6.07) is 0. The molecule has 0 saturated carbocycles. The van der Waals surface area contributed by atoms with Gasteiger partial charge in [-0.15, -0.1) is 0 Å². The molecule has 0 saturated heterocycles. The van der Waals surface area contributed by atoms with Crippen molar-refractivity contribution < 1.29 is 42.8 Å². The third-order valence-electron chi connectivity index (χ3n) is 4.80. The summed E-state index contributed by atoms with van der Waals surface area (Å²) in [5.41, 5.74) is 5.40. The summed E-state index contributed by atoms with van der Waals surface area (Å²) >= 11 is 0. The topological polar surface area (TPSA) is 133 Å². The van der Waals surface area contributed by atoms with Gasteiger partial charge in [0.1, 0.15) is 0 Å². The van der Waals surface area contributed by atoms with Crippen molar-refractivity contribution in [3.63, 3.8) is 0 Å². The van der Waals surface area contributed by atoms with Crippen molar-refractivity contribution in [2.45, 2.75) is 84.1 Å². The molecule has 0 spiro atoms. The van der Waals surface area contributed by atoms with Crippen molar-refractivity contribution in [3.8, 4) is 0 Å². The third-order valence-corrected chi connectivity index (χ3v) is 4.80. The van der Waals surface area contributed by atoms with E-state index >= 15 is 0 Å². The second-order valence-electron chi connectivity index (χ2n) is 8.49. The molecule has 10 nitrogen and oxygen atoms in total. The number of hydrogen-bond acceptors (Lipinski definition) is 10. The minimum absolute atomic E-state index is 0.0666. The van der Waals surface area contributed by atoms with Crippen molar-refractivity contribution in [1.82, 2.24) is 0 Å². The number of rotatable bonds is 24. The molecule has 0 aromatic carbocycles. The molecular weight excluding hydrogens is 458 g/mol. The maximum Gasteiger partial charge on any atom is 0.308 e. The maximum absolute atomic E-state index is 11.7. The number of esters is 3. The summed E-state index contributed by atoms with van der Waals surface area (Å²) in [5, 5.41) is 0. The Hall–Kier alpha value is -1.75. The molecule has 2 N–H and O–H groups in total. The van der Waals surface area contributed by atoms with Gasteiger partial charge in [0.05, 0.1) is 84.3 Å². The average molecular weight is 506 g/mol. The van der Waals surface area contributed by atoms with Gasteiger partial charge in [-0.2, -0.15) is 0 Å². The van der Waals surface area contributed by atoms with Gasteiger partial charge in [-0.05, 0) is 19.3 Å². The van der Waals surface area contributed by atoms with Crippen LogP contribution >= 0.6 is 0 Å². The lowest BCUT2D eigenvalue weighted by molar-refractivity contribution is -0.145. The largest absolute Gasteiger partial charge is 0.466 e. The molecule has 0 heterocycles. The Morgan fingerprint density at radius 1 is 0.543 bits per heavy atom. The molecule has 0 aliphatic heterocycles. The molecule has 0 bridgehead atoms. The van der Waals surface area contributed by atoms with Gasteiger partial charge in [0.15, 0.2) is 0 Å². The highest BCUT2D eigenvalue weighted by molar-refractivity contribution is 5.70. The first-order valence-corrected chi connectivity index (χ1v) is 12.9. The quantitative estimate of drug-likeness (QED) is 0.119. The highest BCUT2D eigenvalue weighted by Crippen LogP contribution is 2.07. The summed E-state index contributed by atoms with van der Waals surface area (Å²) in [5.74, 6) is -0.967. The first kappa shape index (κ1) is 33.2. The Balaban J connectivity index is 4.42. The van der Waals surface area contributed by atoms with Crippen LogP contribution < -0.4 is 5.73 Å². The van der Waals surface area contributed by atoms with Gasteiger partial charge < -0.3 is 34.2 Å². The minimum atomic E-state index is -1.02. The first-order valence-electron chi connectivity index (χ1n) is 12.9. The lowest BCUT2D eigenvalue weighted by Crippen LogP contribution is -2.53. The summed E-state index contributed by atoms with van der Waals surface area (Å²) in [7, 11) is 0. The zero-order chi connectivity index (χ0) is 26.2. The molecule has 0 aliphatic carbocycles. The summed E-state index contributed by atoms with van der Waals surface area (Å²) < 4.78 is 32.1. The Labute approximate surface area is 210 Å². The van der Waals surface area contributed by atoms with Crippen molar-refractivity contribution in [2.24, 2.45) is 5.73 Å². The first-order chi connectivity index (χ1) is 16.9. The smallest absolute Gasteiger partial charge is 0.308 e. The number of hydrogen-bond donors (Lipinski definition) is 1. The van der Waals surface area contributed by atoms with Crippen LogP contribution in [0, 0.1) is 0 Å². The molecule has 0 fully saturated rings. The van der Waals surface area contributed by atoms with Crippen LogP contribution in [0.5, 0.6) is 0 Å². The molecule has 0 aliphatic rings. The lowest BCUT2D eigenvalue weighted by atomic mass is 10.1.